The smallest absolute Gasteiger partial charge is 0.226 e. The SMILES string of the molecule is NC(=O)C1CCN(C(=O)C2CCCN(Cc3ccc(Cl)c(Cl)c3)C2)CC1. The van der Waals surface area contributed by atoms with Crippen molar-refractivity contribution in [3.63, 3.8) is 0 Å². The summed E-state index contributed by atoms with van der Waals surface area (Å²) in [4.78, 5) is 28.4. The molecule has 0 spiro atoms. The van der Waals surface area contributed by atoms with Gasteiger partial charge >= 0.3 is 0 Å². The number of carbonyl (C=O) groups excluding carboxylic acids is 2. The van der Waals surface area contributed by atoms with E-state index in [9.17, 15) is 9.59 Å². The first-order valence-electron chi connectivity index (χ1n) is 9.18. The van der Waals surface area contributed by atoms with Gasteiger partial charge in [0.2, 0.25) is 11.8 Å². The third kappa shape index (κ3) is 4.70. The van der Waals surface area contributed by atoms with Crippen molar-refractivity contribution in [1.29, 1.82) is 0 Å². The van der Waals surface area contributed by atoms with Gasteiger partial charge < -0.3 is 10.6 Å². The van der Waals surface area contributed by atoms with Crippen LogP contribution in [0, 0.1) is 11.8 Å². The first kappa shape index (κ1) is 19.5. The lowest BCUT2D eigenvalue weighted by atomic mass is 9.92. The Bertz CT molecular complexity index is 675. The number of piperidine rings is 2. The number of benzene rings is 1. The van der Waals surface area contributed by atoms with Crippen molar-refractivity contribution in [2.75, 3.05) is 26.2 Å². The van der Waals surface area contributed by atoms with E-state index in [1.165, 1.54) is 0 Å². The number of amides is 2. The van der Waals surface area contributed by atoms with E-state index >= 15 is 0 Å². The zero-order valence-electron chi connectivity index (χ0n) is 14.8. The van der Waals surface area contributed by atoms with E-state index in [1.54, 1.807) is 0 Å². The second-order valence-electron chi connectivity index (χ2n) is 7.32. The number of carbonyl (C=O) groups is 2. The van der Waals surface area contributed by atoms with Crippen LogP contribution in [0.25, 0.3) is 0 Å². The summed E-state index contributed by atoms with van der Waals surface area (Å²) in [5.41, 5.74) is 6.48. The van der Waals surface area contributed by atoms with Crippen LogP contribution in [0.2, 0.25) is 10.0 Å². The Kier molecular flexibility index (Phi) is 6.43. The van der Waals surface area contributed by atoms with Crippen molar-refractivity contribution < 1.29 is 9.59 Å². The minimum atomic E-state index is -0.248. The summed E-state index contributed by atoms with van der Waals surface area (Å²) in [6.07, 6.45) is 3.30. The maximum atomic E-state index is 12.9. The normalized spacial score (nSPS) is 22.4. The van der Waals surface area contributed by atoms with Crippen LogP contribution in [-0.2, 0) is 16.1 Å². The largest absolute Gasteiger partial charge is 0.369 e. The van der Waals surface area contributed by atoms with E-state index in [2.05, 4.69) is 4.90 Å². The van der Waals surface area contributed by atoms with Gasteiger partial charge in [0.15, 0.2) is 0 Å². The molecular formula is C19H25Cl2N3O2. The average Bonchev–Trinajstić information content (AvgIpc) is 2.64. The van der Waals surface area contributed by atoms with Gasteiger partial charge in [-0.05, 0) is 49.9 Å². The summed E-state index contributed by atoms with van der Waals surface area (Å²) in [7, 11) is 0. The van der Waals surface area contributed by atoms with Crippen LogP contribution >= 0.6 is 23.2 Å². The molecule has 1 atom stereocenters. The van der Waals surface area contributed by atoms with Gasteiger partial charge in [-0.15, -0.1) is 0 Å². The van der Waals surface area contributed by atoms with Gasteiger partial charge in [-0.1, -0.05) is 29.3 Å². The molecule has 3 rings (SSSR count). The Labute approximate surface area is 164 Å². The maximum absolute atomic E-state index is 12.9. The highest BCUT2D eigenvalue weighted by Crippen LogP contribution is 2.26. The summed E-state index contributed by atoms with van der Waals surface area (Å²) in [6.45, 7) is 3.78. The Hall–Kier alpha value is -1.30. The molecule has 142 valence electrons. The molecule has 2 N–H and O–H groups in total. The van der Waals surface area contributed by atoms with Crippen molar-refractivity contribution in [3.8, 4) is 0 Å². The molecule has 1 aromatic carbocycles. The van der Waals surface area contributed by atoms with Crippen LogP contribution in [0.4, 0.5) is 0 Å². The standard InChI is InChI=1S/C19H25Cl2N3O2/c20-16-4-3-13(10-17(16)21)11-23-7-1-2-15(12-23)19(26)24-8-5-14(6-9-24)18(22)25/h3-4,10,14-15H,1-2,5-9,11-12H2,(H2,22,25). The third-order valence-electron chi connectivity index (χ3n) is 5.45. The van der Waals surface area contributed by atoms with Crippen LogP contribution in [-0.4, -0.2) is 47.8 Å². The zero-order valence-corrected chi connectivity index (χ0v) is 16.3. The lowest BCUT2D eigenvalue weighted by Crippen LogP contribution is -2.48. The van der Waals surface area contributed by atoms with Crippen molar-refractivity contribution in [2.45, 2.75) is 32.2 Å². The maximum Gasteiger partial charge on any atom is 0.226 e. The Morgan fingerprint density at radius 3 is 2.42 bits per heavy atom. The van der Waals surface area contributed by atoms with E-state index in [1.807, 2.05) is 23.1 Å². The fraction of sp³-hybridized carbons (Fsp3) is 0.579. The van der Waals surface area contributed by atoms with E-state index in [0.29, 0.717) is 36.0 Å². The number of nitrogens with two attached hydrogens (primary N) is 1. The van der Waals surface area contributed by atoms with E-state index in [0.717, 1.165) is 38.0 Å². The topological polar surface area (TPSA) is 66.6 Å². The fourth-order valence-corrected chi connectivity index (χ4v) is 4.26. The summed E-state index contributed by atoms with van der Waals surface area (Å²) in [5.74, 6) is -0.0949. The molecule has 0 radical (unpaired) electrons. The minimum absolute atomic E-state index is 0.0247. The van der Waals surface area contributed by atoms with Crippen LogP contribution in [0.5, 0.6) is 0 Å². The molecule has 2 heterocycles. The first-order chi connectivity index (χ1) is 12.4. The number of nitrogens with zero attached hydrogens (tertiary/aromatic N) is 2. The second-order valence-corrected chi connectivity index (χ2v) is 8.14. The molecule has 0 aromatic heterocycles. The molecular weight excluding hydrogens is 373 g/mol. The summed E-state index contributed by atoms with van der Waals surface area (Å²) in [5, 5.41) is 1.12. The average molecular weight is 398 g/mol. The van der Waals surface area contributed by atoms with Gasteiger partial charge in [0.05, 0.1) is 16.0 Å². The van der Waals surface area contributed by atoms with Crippen LogP contribution < -0.4 is 5.73 Å². The highest BCUT2D eigenvalue weighted by molar-refractivity contribution is 6.42. The van der Waals surface area contributed by atoms with E-state index < -0.39 is 0 Å². The number of hydrogen-bond donors (Lipinski definition) is 1. The van der Waals surface area contributed by atoms with Crippen molar-refractivity contribution in [3.05, 3.63) is 33.8 Å². The van der Waals surface area contributed by atoms with Crippen molar-refractivity contribution in [2.24, 2.45) is 17.6 Å². The molecule has 5 nitrogen and oxygen atoms in total. The Balaban J connectivity index is 1.55. The quantitative estimate of drug-likeness (QED) is 0.848. The Morgan fingerprint density at radius 2 is 1.77 bits per heavy atom. The van der Waals surface area contributed by atoms with Gasteiger partial charge in [0.25, 0.3) is 0 Å². The number of hydrogen-bond acceptors (Lipinski definition) is 3. The predicted molar refractivity (Wildman–Crippen MR) is 103 cm³/mol. The molecule has 0 bridgehead atoms. The zero-order chi connectivity index (χ0) is 18.7. The molecule has 2 aliphatic heterocycles. The Morgan fingerprint density at radius 1 is 1.04 bits per heavy atom. The third-order valence-corrected chi connectivity index (χ3v) is 6.19. The van der Waals surface area contributed by atoms with Crippen LogP contribution in [0.1, 0.15) is 31.2 Å². The van der Waals surface area contributed by atoms with E-state index in [-0.39, 0.29) is 23.7 Å². The van der Waals surface area contributed by atoms with Gasteiger partial charge in [0, 0.05) is 32.1 Å². The number of halogens is 2. The second kappa shape index (κ2) is 8.59. The molecule has 2 saturated heterocycles. The molecule has 26 heavy (non-hydrogen) atoms. The molecule has 0 aliphatic carbocycles. The molecule has 2 aliphatic rings. The monoisotopic (exact) mass is 397 g/mol. The molecule has 1 aromatic rings. The van der Waals surface area contributed by atoms with Gasteiger partial charge in [0.1, 0.15) is 0 Å². The minimum Gasteiger partial charge on any atom is -0.369 e. The van der Waals surface area contributed by atoms with Gasteiger partial charge in [-0.25, -0.2) is 0 Å². The summed E-state index contributed by atoms with van der Waals surface area (Å²) >= 11 is 12.1. The number of likely N-dealkylation sites (tertiary alicyclic amines) is 2. The highest BCUT2D eigenvalue weighted by Gasteiger charge is 2.32. The predicted octanol–water partition coefficient (Wildman–Crippen LogP) is 2.93. The van der Waals surface area contributed by atoms with Crippen molar-refractivity contribution >= 4 is 35.0 Å². The number of rotatable bonds is 4. The molecule has 0 saturated carbocycles. The lowest BCUT2D eigenvalue weighted by molar-refractivity contribution is -0.140. The van der Waals surface area contributed by atoms with Gasteiger partial charge in [-0.3, -0.25) is 14.5 Å². The van der Waals surface area contributed by atoms with Crippen LogP contribution in [0.3, 0.4) is 0 Å². The summed E-state index contributed by atoms with van der Waals surface area (Å²) in [6, 6.07) is 5.69. The molecule has 7 heteroatoms. The number of primary amides is 1. The van der Waals surface area contributed by atoms with Crippen LogP contribution in [0.15, 0.2) is 18.2 Å². The highest BCUT2D eigenvalue weighted by atomic mass is 35.5. The first-order valence-corrected chi connectivity index (χ1v) is 9.94. The lowest BCUT2D eigenvalue weighted by Gasteiger charge is -2.37. The molecule has 2 amide bonds. The van der Waals surface area contributed by atoms with E-state index in [4.69, 9.17) is 28.9 Å². The summed E-state index contributed by atoms with van der Waals surface area (Å²) < 4.78 is 0. The van der Waals surface area contributed by atoms with Crippen molar-refractivity contribution in [1.82, 2.24) is 9.80 Å². The molecule has 2 fully saturated rings. The van der Waals surface area contributed by atoms with Gasteiger partial charge in [-0.2, -0.15) is 0 Å². The molecule has 1 unspecified atom stereocenters. The fourth-order valence-electron chi connectivity index (χ4n) is 3.94.